The van der Waals surface area contributed by atoms with Crippen LogP contribution in [0.2, 0.25) is 0 Å². The van der Waals surface area contributed by atoms with E-state index in [1.165, 1.54) is 0 Å². The molecular weight excluding hydrogens is 352 g/mol. The van der Waals surface area contributed by atoms with Crippen molar-refractivity contribution in [2.75, 3.05) is 6.61 Å². The summed E-state index contributed by atoms with van der Waals surface area (Å²) in [6.07, 6.45) is -0.717. The molecule has 1 aliphatic heterocycles. The minimum atomic E-state index is -0.712. The third-order valence-corrected chi connectivity index (χ3v) is 4.01. The molecule has 0 bridgehead atoms. The van der Waals surface area contributed by atoms with Crippen molar-refractivity contribution in [3.8, 4) is 0 Å². The molecule has 1 heterocycles. The number of likely N-dealkylation sites (tertiary alicyclic amines) is 1. The fourth-order valence-electron chi connectivity index (χ4n) is 3.09. The van der Waals surface area contributed by atoms with Gasteiger partial charge in [-0.3, -0.25) is 4.79 Å². The van der Waals surface area contributed by atoms with E-state index < -0.39 is 40.9 Å². The standard InChI is InChI=1S/C19H34N2O6/c1-17(2,3)26-15(24)20-13(11-22)9-12-10-19(7,8)21(14(12)23)16(25)27-18(4,5)6/h12-13,22H,9-11H2,1-8H3,(H,20,24)/t12-,13?/m0/s1. The summed E-state index contributed by atoms with van der Waals surface area (Å²) < 4.78 is 10.5. The van der Waals surface area contributed by atoms with Crippen molar-refractivity contribution < 1.29 is 29.0 Å². The molecule has 2 N–H and O–H groups in total. The molecule has 0 spiro atoms. The van der Waals surface area contributed by atoms with Crippen LogP contribution in [0.4, 0.5) is 9.59 Å². The number of amides is 3. The van der Waals surface area contributed by atoms with Gasteiger partial charge in [0.1, 0.15) is 11.2 Å². The maximum absolute atomic E-state index is 12.8. The Hall–Kier alpha value is -1.83. The van der Waals surface area contributed by atoms with Crippen molar-refractivity contribution in [1.29, 1.82) is 0 Å². The van der Waals surface area contributed by atoms with Crippen LogP contribution in [-0.2, 0) is 14.3 Å². The van der Waals surface area contributed by atoms with Gasteiger partial charge in [-0.15, -0.1) is 0 Å². The number of carbonyl (C=O) groups is 3. The minimum Gasteiger partial charge on any atom is -0.444 e. The first-order valence-corrected chi connectivity index (χ1v) is 9.23. The van der Waals surface area contributed by atoms with Crippen molar-refractivity contribution in [2.24, 2.45) is 5.92 Å². The van der Waals surface area contributed by atoms with Gasteiger partial charge < -0.3 is 19.9 Å². The second-order valence-electron chi connectivity index (χ2n) is 9.63. The van der Waals surface area contributed by atoms with Gasteiger partial charge in [-0.1, -0.05) is 0 Å². The summed E-state index contributed by atoms with van der Waals surface area (Å²) in [6.45, 7) is 13.7. The number of aliphatic hydroxyl groups excluding tert-OH is 1. The van der Waals surface area contributed by atoms with Crippen LogP contribution < -0.4 is 5.32 Å². The highest BCUT2D eigenvalue weighted by Gasteiger charge is 2.50. The molecule has 1 unspecified atom stereocenters. The zero-order valence-electron chi connectivity index (χ0n) is 17.7. The van der Waals surface area contributed by atoms with Gasteiger partial charge in [0.25, 0.3) is 0 Å². The van der Waals surface area contributed by atoms with Crippen LogP contribution in [-0.4, -0.2) is 57.5 Å². The number of ether oxygens (including phenoxy) is 2. The molecule has 1 aliphatic rings. The van der Waals surface area contributed by atoms with Gasteiger partial charge in [0, 0.05) is 11.5 Å². The zero-order chi connectivity index (χ0) is 21.2. The van der Waals surface area contributed by atoms with Crippen LogP contribution in [0.15, 0.2) is 0 Å². The fraction of sp³-hybridized carbons (Fsp3) is 0.842. The Kier molecular flexibility index (Phi) is 6.91. The molecule has 27 heavy (non-hydrogen) atoms. The van der Waals surface area contributed by atoms with E-state index >= 15 is 0 Å². The number of hydrogen-bond acceptors (Lipinski definition) is 6. The molecule has 0 aromatic rings. The minimum absolute atomic E-state index is 0.206. The molecule has 8 nitrogen and oxygen atoms in total. The van der Waals surface area contributed by atoms with Crippen molar-refractivity contribution in [3.05, 3.63) is 0 Å². The summed E-state index contributed by atoms with van der Waals surface area (Å²) in [4.78, 5) is 38.3. The maximum Gasteiger partial charge on any atom is 0.417 e. The first kappa shape index (κ1) is 23.2. The Morgan fingerprint density at radius 3 is 2.15 bits per heavy atom. The molecule has 8 heteroatoms. The Bertz CT molecular complexity index is 574. The van der Waals surface area contributed by atoms with Gasteiger partial charge in [-0.05, 0) is 68.2 Å². The SMILES string of the molecule is CC(C)(C)OC(=O)NC(CO)C[C@H]1CC(C)(C)N(C(=O)OC(C)(C)C)C1=O. The van der Waals surface area contributed by atoms with E-state index in [4.69, 9.17) is 9.47 Å². The topological polar surface area (TPSA) is 105 Å². The van der Waals surface area contributed by atoms with Crippen molar-refractivity contribution in [2.45, 2.75) is 91.0 Å². The predicted molar refractivity (Wildman–Crippen MR) is 100 cm³/mol. The van der Waals surface area contributed by atoms with Crippen molar-refractivity contribution in [1.82, 2.24) is 10.2 Å². The molecule has 0 aliphatic carbocycles. The summed E-state index contributed by atoms with van der Waals surface area (Å²) in [5.74, 6) is -0.877. The van der Waals surface area contributed by atoms with Crippen LogP contribution in [0.3, 0.4) is 0 Å². The van der Waals surface area contributed by atoms with Gasteiger partial charge in [-0.25, -0.2) is 14.5 Å². The van der Waals surface area contributed by atoms with E-state index in [9.17, 15) is 19.5 Å². The quantitative estimate of drug-likeness (QED) is 0.770. The number of aliphatic hydroxyl groups is 1. The molecule has 1 rings (SSSR count). The van der Waals surface area contributed by atoms with Gasteiger partial charge >= 0.3 is 12.2 Å². The largest absolute Gasteiger partial charge is 0.444 e. The third kappa shape index (κ3) is 7.01. The van der Waals surface area contributed by atoms with Crippen LogP contribution in [0, 0.1) is 5.92 Å². The summed E-state index contributed by atoms with van der Waals surface area (Å²) in [5.41, 5.74) is -2.09. The number of rotatable bonds is 4. The Labute approximate surface area is 161 Å². The lowest BCUT2D eigenvalue weighted by atomic mass is 9.91. The van der Waals surface area contributed by atoms with Crippen molar-refractivity contribution in [3.63, 3.8) is 0 Å². The number of carbonyl (C=O) groups excluding carboxylic acids is 3. The summed E-state index contributed by atoms with van der Waals surface area (Å²) in [5, 5.41) is 12.2. The number of nitrogens with zero attached hydrogens (tertiary/aromatic N) is 1. The molecule has 1 saturated heterocycles. The lowest BCUT2D eigenvalue weighted by molar-refractivity contribution is -0.132. The average molecular weight is 386 g/mol. The fourth-order valence-corrected chi connectivity index (χ4v) is 3.09. The number of nitrogens with one attached hydrogen (secondary N) is 1. The summed E-state index contributed by atoms with van der Waals surface area (Å²) in [6, 6.07) is -0.650. The van der Waals surface area contributed by atoms with Gasteiger partial charge in [0.05, 0.1) is 12.6 Å². The summed E-state index contributed by atoms with van der Waals surface area (Å²) >= 11 is 0. The molecule has 1 fully saturated rings. The van der Waals surface area contributed by atoms with E-state index in [0.29, 0.717) is 6.42 Å². The molecule has 156 valence electrons. The monoisotopic (exact) mass is 386 g/mol. The lowest BCUT2D eigenvalue weighted by Crippen LogP contribution is -2.48. The molecule has 0 aromatic heterocycles. The second-order valence-corrected chi connectivity index (χ2v) is 9.63. The van der Waals surface area contributed by atoms with Gasteiger partial charge in [0.2, 0.25) is 5.91 Å². The maximum atomic E-state index is 12.8. The Morgan fingerprint density at radius 1 is 1.19 bits per heavy atom. The van der Waals surface area contributed by atoms with E-state index in [1.807, 2.05) is 0 Å². The third-order valence-electron chi connectivity index (χ3n) is 4.01. The number of alkyl carbamates (subject to hydrolysis) is 1. The molecular formula is C19H34N2O6. The van der Waals surface area contributed by atoms with E-state index in [-0.39, 0.29) is 18.9 Å². The highest BCUT2D eigenvalue weighted by Crippen LogP contribution is 2.37. The normalized spacial score (nSPS) is 21.0. The van der Waals surface area contributed by atoms with E-state index in [0.717, 1.165) is 4.90 Å². The molecule has 2 atom stereocenters. The summed E-state index contributed by atoms with van der Waals surface area (Å²) in [7, 11) is 0. The molecule has 0 saturated carbocycles. The van der Waals surface area contributed by atoms with E-state index in [1.54, 1.807) is 55.4 Å². The second kappa shape index (κ2) is 8.04. The van der Waals surface area contributed by atoms with E-state index in [2.05, 4.69) is 5.32 Å². The van der Waals surface area contributed by atoms with Crippen LogP contribution in [0.1, 0.15) is 68.2 Å². The highest BCUT2D eigenvalue weighted by atomic mass is 16.6. The molecule has 3 amide bonds. The molecule has 0 aromatic carbocycles. The highest BCUT2D eigenvalue weighted by molar-refractivity contribution is 5.96. The van der Waals surface area contributed by atoms with Crippen LogP contribution in [0.5, 0.6) is 0 Å². The Balaban J connectivity index is 2.82. The Morgan fingerprint density at radius 2 is 1.70 bits per heavy atom. The van der Waals surface area contributed by atoms with Crippen LogP contribution in [0.25, 0.3) is 0 Å². The predicted octanol–water partition coefficient (Wildman–Crippen LogP) is 2.82. The molecule has 0 radical (unpaired) electrons. The average Bonchev–Trinajstić information content (AvgIpc) is 2.63. The number of hydrogen-bond donors (Lipinski definition) is 2. The number of imide groups is 1. The zero-order valence-corrected chi connectivity index (χ0v) is 17.7. The van der Waals surface area contributed by atoms with Gasteiger partial charge in [0.15, 0.2) is 0 Å². The first-order valence-electron chi connectivity index (χ1n) is 9.23. The van der Waals surface area contributed by atoms with Gasteiger partial charge in [-0.2, -0.15) is 0 Å². The smallest absolute Gasteiger partial charge is 0.417 e. The van der Waals surface area contributed by atoms with Crippen LogP contribution >= 0.6 is 0 Å². The first-order chi connectivity index (χ1) is 12.1. The lowest BCUT2D eigenvalue weighted by Gasteiger charge is -2.31. The van der Waals surface area contributed by atoms with Crippen molar-refractivity contribution >= 4 is 18.1 Å².